The summed E-state index contributed by atoms with van der Waals surface area (Å²) in [5.74, 6) is -0.0676. The van der Waals surface area contributed by atoms with E-state index < -0.39 is 0 Å². The average Bonchev–Trinajstić information content (AvgIpc) is 2.80. The van der Waals surface area contributed by atoms with E-state index >= 15 is 0 Å². The van der Waals surface area contributed by atoms with Crippen molar-refractivity contribution in [1.29, 1.82) is 0 Å². The molecule has 0 aliphatic carbocycles. The fourth-order valence-corrected chi connectivity index (χ4v) is 4.48. The molecule has 0 aromatic heterocycles. The number of piperidine rings is 1. The van der Waals surface area contributed by atoms with Crippen LogP contribution < -0.4 is 10.2 Å². The monoisotopic (exact) mass is 424 g/mol. The van der Waals surface area contributed by atoms with Gasteiger partial charge in [-0.05, 0) is 61.8 Å². The van der Waals surface area contributed by atoms with Crippen LogP contribution >= 0.6 is 0 Å². The molecule has 4 rings (SSSR count). The molecule has 2 fully saturated rings. The molecule has 166 valence electrons. The van der Waals surface area contributed by atoms with Gasteiger partial charge >= 0.3 is 0 Å². The number of benzene rings is 2. The van der Waals surface area contributed by atoms with E-state index in [2.05, 4.69) is 51.3 Å². The molecule has 0 spiro atoms. The molecule has 2 aromatic rings. The third kappa shape index (κ3) is 6.05. The zero-order valence-electron chi connectivity index (χ0n) is 18.4. The number of likely N-dealkylation sites (N-methyl/N-ethyl adjacent to an activating group) is 1. The minimum Gasteiger partial charge on any atom is -0.369 e. The van der Waals surface area contributed by atoms with Crippen LogP contribution in [0.1, 0.15) is 24.0 Å². The predicted octanol–water partition coefficient (Wildman–Crippen LogP) is 3.11. The lowest BCUT2D eigenvalue weighted by Gasteiger charge is -2.34. The number of amides is 1. The van der Waals surface area contributed by atoms with Crippen LogP contribution in [0.25, 0.3) is 0 Å². The highest BCUT2D eigenvalue weighted by molar-refractivity contribution is 5.79. The summed E-state index contributed by atoms with van der Waals surface area (Å²) < 4.78 is 13.1. The van der Waals surface area contributed by atoms with Gasteiger partial charge in [-0.25, -0.2) is 4.39 Å². The molecule has 0 radical (unpaired) electrons. The molecule has 1 atom stereocenters. The molecule has 2 aliphatic rings. The predicted molar refractivity (Wildman–Crippen MR) is 122 cm³/mol. The van der Waals surface area contributed by atoms with Gasteiger partial charge in [0.15, 0.2) is 0 Å². The first kappa shape index (κ1) is 21.8. The lowest BCUT2D eigenvalue weighted by Crippen LogP contribution is -2.44. The summed E-state index contributed by atoms with van der Waals surface area (Å²) in [6, 6.07) is 15.2. The van der Waals surface area contributed by atoms with Gasteiger partial charge in [0.1, 0.15) is 5.82 Å². The van der Waals surface area contributed by atoms with E-state index in [9.17, 15) is 9.18 Å². The van der Waals surface area contributed by atoms with Gasteiger partial charge in [0.05, 0.1) is 5.92 Å². The van der Waals surface area contributed by atoms with Gasteiger partial charge in [-0.15, -0.1) is 0 Å². The van der Waals surface area contributed by atoms with Gasteiger partial charge in [0, 0.05) is 51.5 Å². The van der Waals surface area contributed by atoms with Gasteiger partial charge in [-0.3, -0.25) is 9.69 Å². The van der Waals surface area contributed by atoms with Crippen molar-refractivity contribution < 1.29 is 9.18 Å². The molecule has 1 N–H and O–H groups in total. The summed E-state index contributed by atoms with van der Waals surface area (Å²) in [7, 11) is 2.16. The maximum absolute atomic E-state index is 13.1. The van der Waals surface area contributed by atoms with Crippen molar-refractivity contribution in [2.45, 2.75) is 25.9 Å². The van der Waals surface area contributed by atoms with Gasteiger partial charge in [-0.2, -0.15) is 0 Å². The van der Waals surface area contributed by atoms with Crippen LogP contribution in [0, 0.1) is 11.7 Å². The third-order valence-corrected chi connectivity index (χ3v) is 6.47. The van der Waals surface area contributed by atoms with Crippen LogP contribution in [-0.2, 0) is 17.9 Å². The molecule has 0 saturated carbocycles. The Balaban J connectivity index is 1.24. The fourth-order valence-electron chi connectivity index (χ4n) is 4.48. The first-order valence-corrected chi connectivity index (χ1v) is 11.3. The zero-order valence-corrected chi connectivity index (χ0v) is 18.4. The van der Waals surface area contributed by atoms with E-state index in [1.165, 1.54) is 17.8 Å². The number of nitrogens with zero attached hydrogens (tertiary/aromatic N) is 3. The molecular weight excluding hydrogens is 391 g/mol. The number of hydrogen-bond acceptors (Lipinski definition) is 4. The molecule has 1 unspecified atom stereocenters. The molecule has 0 bridgehead atoms. The van der Waals surface area contributed by atoms with Gasteiger partial charge in [0.2, 0.25) is 5.91 Å². The van der Waals surface area contributed by atoms with Gasteiger partial charge in [0.25, 0.3) is 0 Å². The van der Waals surface area contributed by atoms with E-state index in [4.69, 9.17) is 0 Å². The van der Waals surface area contributed by atoms with E-state index in [1.807, 2.05) is 12.1 Å². The van der Waals surface area contributed by atoms with Crippen molar-refractivity contribution in [1.82, 2.24) is 15.1 Å². The van der Waals surface area contributed by atoms with E-state index in [1.54, 1.807) is 0 Å². The fraction of sp³-hybridized carbons (Fsp3) is 0.480. The summed E-state index contributed by atoms with van der Waals surface area (Å²) >= 11 is 0. The Kier molecular flexibility index (Phi) is 7.20. The van der Waals surface area contributed by atoms with Crippen molar-refractivity contribution in [3.05, 3.63) is 65.5 Å². The van der Waals surface area contributed by atoms with Crippen LogP contribution in [0.5, 0.6) is 0 Å². The zero-order chi connectivity index (χ0) is 21.6. The number of rotatable bonds is 6. The van der Waals surface area contributed by atoms with Crippen molar-refractivity contribution in [2.24, 2.45) is 5.92 Å². The molecule has 5 nitrogen and oxygen atoms in total. The number of likely N-dealkylation sites (tertiary alicyclic amines) is 1. The second kappa shape index (κ2) is 10.2. The number of anilines is 1. The first-order valence-electron chi connectivity index (χ1n) is 11.3. The molecule has 2 heterocycles. The van der Waals surface area contributed by atoms with Crippen LogP contribution in [0.2, 0.25) is 0 Å². The number of halogens is 1. The number of nitrogens with one attached hydrogen (secondary N) is 1. The van der Waals surface area contributed by atoms with E-state index in [0.29, 0.717) is 6.54 Å². The Hall–Kier alpha value is -2.44. The van der Waals surface area contributed by atoms with Crippen molar-refractivity contribution in [2.75, 3.05) is 51.2 Å². The summed E-state index contributed by atoms with van der Waals surface area (Å²) in [6.45, 7) is 7.37. The Morgan fingerprint density at radius 1 is 0.968 bits per heavy atom. The second-order valence-electron chi connectivity index (χ2n) is 8.88. The quantitative estimate of drug-likeness (QED) is 0.774. The lowest BCUT2D eigenvalue weighted by atomic mass is 9.96. The van der Waals surface area contributed by atoms with E-state index in [0.717, 1.165) is 69.8 Å². The minimum atomic E-state index is -0.212. The van der Waals surface area contributed by atoms with Crippen LogP contribution in [0.4, 0.5) is 10.1 Å². The lowest BCUT2D eigenvalue weighted by molar-refractivity contribution is -0.126. The number of hydrogen-bond donors (Lipinski definition) is 1. The van der Waals surface area contributed by atoms with Crippen LogP contribution in [0.3, 0.4) is 0 Å². The normalized spacial score (nSPS) is 20.6. The van der Waals surface area contributed by atoms with Crippen LogP contribution in [-0.4, -0.2) is 62.0 Å². The minimum absolute atomic E-state index is 0.0128. The maximum atomic E-state index is 13.1. The SMILES string of the molecule is CN1CCN(c2ccc(CNC(=O)C3CCCN(Cc4ccc(F)cc4)C3)cc2)CC1. The van der Waals surface area contributed by atoms with Crippen molar-refractivity contribution in [3.8, 4) is 0 Å². The van der Waals surface area contributed by atoms with Crippen molar-refractivity contribution in [3.63, 3.8) is 0 Å². The van der Waals surface area contributed by atoms with Gasteiger partial charge < -0.3 is 15.1 Å². The smallest absolute Gasteiger partial charge is 0.224 e. The molecule has 2 aliphatic heterocycles. The number of carbonyl (C=O) groups is 1. The largest absolute Gasteiger partial charge is 0.369 e. The summed E-state index contributed by atoms with van der Waals surface area (Å²) in [6.07, 6.45) is 1.94. The Labute approximate surface area is 184 Å². The number of carbonyl (C=O) groups excluding carboxylic acids is 1. The Morgan fingerprint density at radius 3 is 2.35 bits per heavy atom. The highest BCUT2D eigenvalue weighted by Gasteiger charge is 2.25. The summed E-state index contributed by atoms with van der Waals surface area (Å²) in [4.78, 5) is 19.8. The molecule has 2 aromatic carbocycles. The second-order valence-corrected chi connectivity index (χ2v) is 8.88. The molecule has 1 amide bonds. The van der Waals surface area contributed by atoms with Gasteiger partial charge in [-0.1, -0.05) is 24.3 Å². The first-order chi connectivity index (χ1) is 15.1. The van der Waals surface area contributed by atoms with E-state index in [-0.39, 0.29) is 17.6 Å². The maximum Gasteiger partial charge on any atom is 0.224 e. The standard InChI is InChI=1S/C25H33FN4O/c1-28-13-15-30(16-14-28)24-10-6-20(7-11-24)17-27-25(31)22-3-2-12-29(19-22)18-21-4-8-23(26)9-5-21/h4-11,22H,2-3,12-19H2,1H3,(H,27,31). The highest BCUT2D eigenvalue weighted by Crippen LogP contribution is 2.20. The molecular formula is C25H33FN4O. The van der Waals surface area contributed by atoms with Crippen molar-refractivity contribution >= 4 is 11.6 Å². The third-order valence-electron chi connectivity index (χ3n) is 6.47. The molecule has 31 heavy (non-hydrogen) atoms. The summed E-state index contributed by atoms with van der Waals surface area (Å²) in [5, 5.41) is 3.13. The Bertz CT molecular complexity index is 847. The summed E-state index contributed by atoms with van der Waals surface area (Å²) in [5.41, 5.74) is 3.47. The van der Waals surface area contributed by atoms with Crippen LogP contribution in [0.15, 0.2) is 48.5 Å². The topological polar surface area (TPSA) is 38.8 Å². The number of piperazine rings is 1. The molecule has 2 saturated heterocycles. The average molecular weight is 425 g/mol. The Morgan fingerprint density at radius 2 is 1.65 bits per heavy atom. The molecule has 6 heteroatoms. The highest BCUT2D eigenvalue weighted by atomic mass is 19.1.